The van der Waals surface area contributed by atoms with Crippen LogP contribution in [0.3, 0.4) is 0 Å². The van der Waals surface area contributed by atoms with Crippen LogP contribution in [-0.4, -0.2) is 31.1 Å². The van der Waals surface area contributed by atoms with Crippen LogP contribution >= 0.6 is 11.6 Å². The highest BCUT2D eigenvalue weighted by molar-refractivity contribution is 6.31. The lowest BCUT2D eigenvalue weighted by Gasteiger charge is -2.09. The summed E-state index contributed by atoms with van der Waals surface area (Å²) in [5, 5.41) is 3.41. The van der Waals surface area contributed by atoms with Crippen LogP contribution in [0.4, 0.5) is 5.69 Å². The lowest BCUT2D eigenvalue weighted by Crippen LogP contribution is -2.15. The number of halogens is 1. The highest BCUT2D eigenvalue weighted by atomic mass is 35.5. The van der Waals surface area contributed by atoms with E-state index in [9.17, 15) is 9.59 Å². The van der Waals surface area contributed by atoms with Crippen LogP contribution < -0.4 is 5.32 Å². The molecule has 0 saturated heterocycles. The molecule has 7 nitrogen and oxygen atoms in total. The second-order valence-corrected chi connectivity index (χ2v) is 5.85. The van der Waals surface area contributed by atoms with Crippen LogP contribution in [-0.2, 0) is 19.1 Å². The number of benzene rings is 2. The third-order valence-corrected chi connectivity index (χ3v) is 3.84. The molecule has 27 heavy (non-hydrogen) atoms. The number of nitrogens with one attached hydrogen (secondary N) is 1. The molecule has 1 aromatic heterocycles. The molecule has 3 aromatic rings. The molecule has 0 amide bonds. The van der Waals surface area contributed by atoms with E-state index in [1.54, 1.807) is 42.5 Å². The zero-order valence-corrected chi connectivity index (χ0v) is 15.2. The topological polar surface area (TPSA) is 90.7 Å². The molecule has 138 valence electrons. The summed E-state index contributed by atoms with van der Waals surface area (Å²) in [6, 6.07) is 12.2. The summed E-state index contributed by atoms with van der Waals surface area (Å²) in [5.74, 6) is -0.996. The van der Waals surface area contributed by atoms with Crippen molar-refractivity contribution < 1.29 is 23.5 Å². The van der Waals surface area contributed by atoms with Gasteiger partial charge in [0.25, 0.3) is 0 Å². The van der Waals surface area contributed by atoms with E-state index in [1.807, 2.05) is 0 Å². The summed E-state index contributed by atoms with van der Waals surface area (Å²) in [7, 11) is 2.43. The van der Waals surface area contributed by atoms with Crippen LogP contribution in [0.2, 0.25) is 5.02 Å². The molecular formula is C19H15ClN2O5. The van der Waals surface area contributed by atoms with Gasteiger partial charge in [-0.25, -0.2) is 14.6 Å². The first-order valence-corrected chi connectivity index (χ1v) is 8.19. The quantitative estimate of drug-likeness (QED) is 0.527. The Labute approximate surface area is 159 Å². The minimum atomic E-state index is -0.706. The standard InChI is InChI=1S/C19H15ClN2O5/c1-25-17(23)10-15(19(24)26-2)21-13-5-3-4-11(8-13)18-22-14-9-12(20)6-7-16(14)27-18/h3-10,21H,1-2H3/b15-10+. The number of ether oxygens (including phenoxy) is 2. The van der Waals surface area contributed by atoms with Gasteiger partial charge in [0.05, 0.1) is 20.3 Å². The first kappa shape index (κ1) is 18.5. The van der Waals surface area contributed by atoms with Crippen molar-refractivity contribution in [3.63, 3.8) is 0 Å². The van der Waals surface area contributed by atoms with Crippen LogP contribution in [0.5, 0.6) is 0 Å². The third kappa shape index (κ3) is 4.27. The molecule has 0 fully saturated rings. The lowest BCUT2D eigenvalue weighted by molar-refractivity contribution is -0.138. The van der Waals surface area contributed by atoms with E-state index in [2.05, 4.69) is 19.8 Å². The minimum Gasteiger partial charge on any atom is -0.466 e. The van der Waals surface area contributed by atoms with Crippen molar-refractivity contribution in [2.24, 2.45) is 0 Å². The Hall–Kier alpha value is -3.32. The first-order valence-electron chi connectivity index (χ1n) is 7.81. The fourth-order valence-electron chi connectivity index (χ4n) is 2.34. The molecule has 1 N–H and O–H groups in total. The molecule has 8 heteroatoms. The number of esters is 2. The van der Waals surface area contributed by atoms with Crippen LogP contribution in [0, 0.1) is 0 Å². The van der Waals surface area contributed by atoms with E-state index in [-0.39, 0.29) is 5.70 Å². The van der Waals surface area contributed by atoms with Gasteiger partial charge < -0.3 is 19.2 Å². The number of hydrogen-bond acceptors (Lipinski definition) is 7. The molecule has 0 unspecified atom stereocenters. The minimum absolute atomic E-state index is 0.0640. The molecule has 0 bridgehead atoms. The van der Waals surface area contributed by atoms with Crippen LogP contribution in [0.1, 0.15) is 0 Å². The summed E-state index contributed by atoms with van der Waals surface area (Å²) in [6.07, 6.45) is 1.01. The molecule has 0 aliphatic carbocycles. The number of aromatic nitrogens is 1. The van der Waals surface area contributed by atoms with Gasteiger partial charge in [0.1, 0.15) is 11.2 Å². The summed E-state index contributed by atoms with van der Waals surface area (Å²) in [4.78, 5) is 27.8. The van der Waals surface area contributed by atoms with Crippen molar-refractivity contribution in [1.82, 2.24) is 4.98 Å². The van der Waals surface area contributed by atoms with E-state index in [1.165, 1.54) is 14.2 Å². The predicted molar refractivity (Wildman–Crippen MR) is 100 cm³/mol. The molecule has 0 spiro atoms. The number of methoxy groups -OCH3 is 2. The Morgan fingerprint density at radius 1 is 1.15 bits per heavy atom. The second kappa shape index (κ2) is 7.92. The smallest absolute Gasteiger partial charge is 0.354 e. The van der Waals surface area contributed by atoms with Gasteiger partial charge in [0.15, 0.2) is 5.58 Å². The van der Waals surface area contributed by atoms with Crippen molar-refractivity contribution in [1.29, 1.82) is 0 Å². The van der Waals surface area contributed by atoms with E-state index in [4.69, 9.17) is 16.0 Å². The van der Waals surface area contributed by atoms with Crippen molar-refractivity contribution >= 4 is 40.3 Å². The second-order valence-electron chi connectivity index (χ2n) is 5.41. The molecule has 1 heterocycles. The number of nitrogens with zero attached hydrogens (tertiary/aromatic N) is 1. The Morgan fingerprint density at radius 2 is 1.96 bits per heavy atom. The molecule has 0 aliphatic rings. The predicted octanol–water partition coefficient (Wildman–Crippen LogP) is 3.79. The number of fused-ring (bicyclic) bond motifs is 1. The molecule has 3 rings (SSSR count). The molecule has 0 atom stereocenters. The lowest BCUT2D eigenvalue weighted by atomic mass is 10.2. The number of hydrogen-bond donors (Lipinski definition) is 1. The largest absolute Gasteiger partial charge is 0.466 e. The van der Waals surface area contributed by atoms with E-state index in [0.29, 0.717) is 33.3 Å². The van der Waals surface area contributed by atoms with Gasteiger partial charge >= 0.3 is 11.9 Å². The van der Waals surface area contributed by atoms with Crippen molar-refractivity contribution in [3.05, 3.63) is 59.3 Å². The summed E-state index contributed by atoms with van der Waals surface area (Å²) >= 11 is 5.97. The molecule has 0 saturated carbocycles. The van der Waals surface area contributed by atoms with Crippen LogP contribution in [0.15, 0.2) is 58.7 Å². The Morgan fingerprint density at radius 3 is 2.70 bits per heavy atom. The molecule has 0 radical (unpaired) electrons. The van der Waals surface area contributed by atoms with Crippen LogP contribution in [0.25, 0.3) is 22.6 Å². The Kier molecular flexibility index (Phi) is 5.42. The monoisotopic (exact) mass is 386 g/mol. The number of carbonyl (C=O) groups excluding carboxylic acids is 2. The zero-order valence-electron chi connectivity index (χ0n) is 14.5. The molecule has 2 aromatic carbocycles. The highest BCUT2D eigenvalue weighted by Crippen LogP contribution is 2.28. The summed E-state index contributed by atoms with van der Waals surface area (Å²) in [5.41, 5.74) is 2.39. The van der Waals surface area contributed by atoms with Crippen molar-refractivity contribution in [2.75, 3.05) is 19.5 Å². The first-order chi connectivity index (χ1) is 13.0. The fraction of sp³-hybridized carbons (Fsp3) is 0.105. The van der Waals surface area contributed by atoms with Crippen molar-refractivity contribution in [3.8, 4) is 11.5 Å². The average molecular weight is 387 g/mol. The Balaban J connectivity index is 1.92. The number of carbonyl (C=O) groups is 2. The van der Waals surface area contributed by atoms with Gasteiger partial charge in [-0.2, -0.15) is 0 Å². The molecule has 0 aliphatic heterocycles. The van der Waals surface area contributed by atoms with Gasteiger partial charge in [-0.1, -0.05) is 17.7 Å². The maximum atomic E-state index is 11.9. The van der Waals surface area contributed by atoms with Gasteiger partial charge in [-0.05, 0) is 36.4 Å². The maximum Gasteiger partial charge on any atom is 0.354 e. The SMILES string of the molecule is COC(=O)/C=C(/Nc1cccc(-c2nc3cc(Cl)ccc3o2)c1)C(=O)OC. The fourth-order valence-corrected chi connectivity index (χ4v) is 2.51. The summed E-state index contributed by atoms with van der Waals surface area (Å²) in [6.45, 7) is 0. The van der Waals surface area contributed by atoms with Gasteiger partial charge in [-0.3, -0.25) is 0 Å². The number of anilines is 1. The number of rotatable bonds is 5. The zero-order chi connectivity index (χ0) is 19.4. The maximum absolute atomic E-state index is 11.9. The van der Waals surface area contributed by atoms with Gasteiger partial charge in [0.2, 0.25) is 5.89 Å². The highest BCUT2D eigenvalue weighted by Gasteiger charge is 2.14. The summed E-state index contributed by atoms with van der Waals surface area (Å²) < 4.78 is 15.0. The Bertz CT molecular complexity index is 1040. The van der Waals surface area contributed by atoms with Crippen molar-refractivity contribution in [2.45, 2.75) is 0 Å². The molecular weight excluding hydrogens is 372 g/mol. The third-order valence-electron chi connectivity index (χ3n) is 3.61. The van der Waals surface area contributed by atoms with E-state index < -0.39 is 11.9 Å². The number of oxazole rings is 1. The van der Waals surface area contributed by atoms with Gasteiger partial charge in [0, 0.05) is 16.3 Å². The average Bonchev–Trinajstić information content (AvgIpc) is 3.10. The van der Waals surface area contributed by atoms with Gasteiger partial charge in [-0.15, -0.1) is 0 Å². The van der Waals surface area contributed by atoms with E-state index in [0.717, 1.165) is 6.08 Å². The van der Waals surface area contributed by atoms with E-state index >= 15 is 0 Å². The normalized spacial score (nSPS) is 11.3.